The van der Waals surface area contributed by atoms with Gasteiger partial charge in [-0.15, -0.1) is 0 Å². The van der Waals surface area contributed by atoms with Crippen LogP contribution >= 0.6 is 0 Å². The van der Waals surface area contributed by atoms with E-state index >= 15 is 0 Å². The van der Waals surface area contributed by atoms with Gasteiger partial charge in [0.05, 0.1) is 9.73 Å². The van der Waals surface area contributed by atoms with Gasteiger partial charge in [0.25, 0.3) is 5.91 Å². The molecule has 0 bridgehead atoms. The highest BCUT2D eigenvalue weighted by Crippen LogP contribution is 2.18. The van der Waals surface area contributed by atoms with Gasteiger partial charge < -0.3 is 10.1 Å². The van der Waals surface area contributed by atoms with E-state index in [9.17, 15) is 9.00 Å². The van der Waals surface area contributed by atoms with Gasteiger partial charge in [-0.2, -0.15) is 0 Å². The van der Waals surface area contributed by atoms with Crippen molar-refractivity contribution < 1.29 is 13.7 Å². The fourth-order valence-electron chi connectivity index (χ4n) is 2.28. The molecule has 5 nitrogen and oxygen atoms in total. The molecule has 24 heavy (non-hydrogen) atoms. The number of ether oxygens (including phenoxy) is 1. The number of carbonyl (C=O) groups excluding carboxylic acids is 1. The van der Waals surface area contributed by atoms with Crippen LogP contribution in [0, 0.1) is 13.8 Å². The van der Waals surface area contributed by atoms with Crippen LogP contribution in [0.15, 0.2) is 51.7 Å². The third-order valence-electron chi connectivity index (χ3n) is 3.47. The summed E-state index contributed by atoms with van der Waals surface area (Å²) >= 11 is 0. The SMILES string of the molecule is CN=S(C)(=O)c1cccc(NC(=O)COc2cc(C)cc(C)c2)c1. The summed E-state index contributed by atoms with van der Waals surface area (Å²) < 4.78 is 21.7. The summed E-state index contributed by atoms with van der Waals surface area (Å²) in [5.41, 5.74) is 2.73. The minimum absolute atomic E-state index is 0.0905. The molecule has 0 aromatic heterocycles. The standard InChI is InChI=1S/C18H22N2O3S/c1-13-8-14(2)10-16(9-13)23-12-18(21)20-15-6-5-7-17(11-15)24(4,22)19-3/h5-11H,12H2,1-4H3,(H,20,21). The Balaban J connectivity index is 2.02. The Morgan fingerprint density at radius 1 is 1.17 bits per heavy atom. The fraction of sp³-hybridized carbons (Fsp3) is 0.278. The van der Waals surface area contributed by atoms with Gasteiger partial charge in [-0.25, -0.2) is 8.57 Å². The number of carbonyl (C=O) groups is 1. The van der Waals surface area contributed by atoms with Crippen molar-refractivity contribution >= 4 is 21.3 Å². The number of nitrogens with one attached hydrogen (secondary N) is 1. The molecule has 0 radical (unpaired) electrons. The Labute approximate surface area is 143 Å². The van der Waals surface area contributed by atoms with Crippen LogP contribution in [0.1, 0.15) is 11.1 Å². The van der Waals surface area contributed by atoms with Gasteiger partial charge in [0.1, 0.15) is 5.75 Å². The Morgan fingerprint density at radius 2 is 1.83 bits per heavy atom. The van der Waals surface area contributed by atoms with Crippen molar-refractivity contribution in [1.29, 1.82) is 0 Å². The molecule has 0 aliphatic heterocycles. The van der Waals surface area contributed by atoms with Crippen molar-refractivity contribution in [2.24, 2.45) is 4.36 Å². The van der Waals surface area contributed by atoms with Gasteiger partial charge in [0.2, 0.25) is 0 Å². The van der Waals surface area contributed by atoms with E-state index in [2.05, 4.69) is 9.68 Å². The van der Waals surface area contributed by atoms with E-state index < -0.39 is 9.73 Å². The molecule has 0 aliphatic rings. The zero-order valence-corrected chi connectivity index (χ0v) is 15.1. The third kappa shape index (κ3) is 4.83. The Hall–Kier alpha value is -2.34. The highest BCUT2D eigenvalue weighted by atomic mass is 32.2. The number of nitrogens with zero attached hydrogens (tertiary/aromatic N) is 1. The fourth-order valence-corrected chi connectivity index (χ4v) is 3.16. The van der Waals surface area contributed by atoms with E-state index in [0.29, 0.717) is 16.3 Å². The molecule has 1 amide bonds. The Bertz CT molecular complexity index is 848. The average Bonchev–Trinajstić information content (AvgIpc) is 2.52. The first kappa shape index (κ1) is 18.0. The van der Waals surface area contributed by atoms with Gasteiger partial charge in [0, 0.05) is 23.9 Å². The summed E-state index contributed by atoms with van der Waals surface area (Å²) in [4.78, 5) is 12.6. The number of amides is 1. The lowest BCUT2D eigenvalue weighted by atomic mass is 10.1. The van der Waals surface area contributed by atoms with Crippen molar-refractivity contribution in [2.75, 3.05) is 25.2 Å². The van der Waals surface area contributed by atoms with Gasteiger partial charge in [-0.1, -0.05) is 12.1 Å². The normalized spacial score (nSPS) is 13.0. The minimum atomic E-state index is -2.43. The largest absolute Gasteiger partial charge is 0.484 e. The van der Waals surface area contributed by atoms with Gasteiger partial charge >= 0.3 is 0 Å². The summed E-state index contributed by atoms with van der Waals surface area (Å²) in [6, 6.07) is 12.7. The molecule has 1 N–H and O–H groups in total. The highest BCUT2D eigenvalue weighted by Gasteiger charge is 2.08. The molecule has 2 aromatic rings. The maximum Gasteiger partial charge on any atom is 0.262 e. The van der Waals surface area contributed by atoms with Crippen molar-refractivity contribution in [3.05, 3.63) is 53.6 Å². The summed E-state index contributed by atoms with van der Waals surface area (Å²) in [6.07, 6.45) is 1.57. The molecule has 1 unspecified atom stereocenters. The summed E-state index contributed by atoms with van der Waals surface area (Å²) in [5.74, 6) is 0.389. The van der Waals surface area contributed by atoms with E-state index in [1.807, 2.05) is 32.0 Å². The van der Waals surface area contributed by atoms with Crippen molar-refractivity contribution in [2.45, 2.75) is 18.7 Å². The lowest BCUT2D eigenvalue weighted by molar-refractivity contribution is -0.118. The maximum absolute atomic E-state index is 12.3. The first-order valence-electron chi connectivity index (χ1n) is 7.51. The lowest BCUT2D eigenvalue weighted by Gasteiger charge is -2.10. The van der Waals surface area contributed by atoms with Crippen molar-refractivity contribution in [3.63, 3.8) is 0 Å². The van der Waals surface area contributed by atoms with Crippen LogP contribution in [0.2, 0.25) is 0 Å². The number of benzene rings is 2. The topological polar surface area (TPSA) is 67.8 Å². The monoisotopic (exact) mass is 346 g/mol. The second-order valence-electron chi connectivity index (χ2n) is 5.67. The van der Waals surface area contributed by atoms with E-state index in [0.717, 1.165) is 11.1 Å². The number of aryl methyl sites for hydroxylation is 2. The third-order valence-corrected chi connectivity index (χ3v) is 5.29. The van der Waals surface area contributed by atoms with Crippen molar-refractivity contribution in [3.8, 4) is 5.75 Å². The second kappa shape index (κ2) is 7.49. The van der Waals surface area contributed by atoms with Crippen LogP contribution in [-0.4, -0.2) is 30.0 Å². The molecule has 1 atom stereocenters. The first-order chi connectivity index (χ1) is 11.3. The summed E-state index contributed by atoms with van der Waals surface area (Å²) in [7, 11) is -0.910. The van der Waals surface area contributed by atoms with Gasteiger partial charge in [-0.3, -0.25) is 4.79 Å². The molecule has 0 spiro atoms. The van der Waals surface area contributed by atoms with Crippen LogP contribution in [0.25, 0.3) is 0 Å². The Morgan fingerprint density at radius 3 is 2.46 bits per heavy atom. The van der Waals surface area contributed by atoms with Gasteiger partial charge in [0.15, 0.2) is 6.61 Å². The zero-order valence-electron chi connectivity index (χ0n) is 14.3. The number of anilines is 1. The predicted molar refractivity (Wildman–Crippen MR) is 97.2 cm³/mol. The van der Waals surface area contributed by atoms with Crippen molar-refractivity contribution in [1.82, 2.24) is 0 Å². The number of rotatable bonds is 5. The molecule has 0 fully saturated rings. The maximum atomic E-state index is 12.3. The number of hydrogen-bond acceptors (Lipinski definition) is 4. The lowest BCUT2D eigenvalue weighted by Crippen LogP contribution is -2.20. The quantitative estimate of drug-likeness (QED) is 0.902. The summed E-state index contributed by atoms with van der Waals surface area (Å²) in [5, 5.41) is 2.75. The molecule has 128 valence electrons. The molecule has 2 rings (SSSR count). The van der Waals surface area contributed by atoms with E-state index in [1.165, 1.54) is 7.05 Å². The van der Waals surface area contributed by atoms with Crippen LogP contribution in [0.3, 0.4) is 0 Å². The molecule has 0 aliphatic carbocycles. The van der Waals surface area contributed by atoms with Crippen LogP contribution in [-0.2, 0) is 14.5 Å². The van der Waals surface area contributed by atoms with Crippen LogP contribution in [0.4, 0.5) is 5.69 Å². The average molecular weight is 346 g/mol. The Kier molecular flexibility index (Phi) is 5.62. The highest BCUT2D eigenvalue weighted by molar-refractivity contribution is 7.93. The zero-order chi connectivity index (χ0) is 17.7. The molecule has 2 aromatic carbocycles. The molecule has 0 saturated carbocycles. The smallest absolute Gasteiger partial charge is 0.262 e. The first-order valence-corrected chi connectivity index (χ1v) is 9.44. The summed E-state index contributed by atoms with van der Waals surface area (Å²) in [6.45, 7) is 3.87. The molecule has 0 heterocycles. The minimum Gasteiger partial charge on any atom is -0.484 e. The molecular weight excluding hydrogens is 324 g/mol. The van der Waals surface area contributed by atoms with E-state index in [-0.39, 0.29) is 12.5 Å². The van der Waals surface area contributed by atoms with E-state index in [1.54, 1.807) is 30.5 Å². The molecule has 0 saturated heterocycles. The molecule has 6 heteroatoms. The van der Waals surface area contributed by atoms with E-state index in [4.69, 9.17) is 4.74 Å². The second-order valence-corrected chi connectivity index (χ2v) is 8.11. The van der Waals surface area contributed by atoms with Crippen LogP contribution in [0.5, 0.6) is 5.75 Å². The van der Waals surface area contributed by atoms with Crippen LogP contribution < -0.4 is 10.1 Å². The molecular formula is C18H22N2O3S. The number of hydrogen-bond donors (Lipinski definition) is 1. The van der Waals surface area contributed by atoms with Gasteiger partial charge in [-0.05, 0) is 55.3 Å². The predicted octanol–water partition coefficient (Wildman–Crippen LogP) is 3.41.